The highest BCUT2D eigenvalue weighted by Crippen LogP contribution is 2.41. The SMILES string of the molecule is CCCCC1CCC(C(F)(F)Oc2ccc(/C=C/C(=O)OCCCc3ccc(N)cc3N)cc2)CC1. The summed E-state index contributed by atoms with van der Waals surface area (Å²) < 4.78 is 39.7. The minimum atomic E-state index is -3.19. The smallest absolute Gasteiger partial charge is 0.400 e. The van der Waals surface area contributed by atoms with E-state index in [9.17, 15) is 13.6 Å². The lowest BCUT2D eigenvalue weighted by Crippen LogP contribution is -2.37. The minimum absolute atomic E-state index is 0.120. The Bertz CT molecular complexity index is 1000. The number of ether oxygens (including phenoxy) is 2. The van der Waals surface area contributed by atoms with Gasteiger partial charge in [-0.05, 0) is 85.9 Å². The van der Waals surface area contributed by atoms with E-state index in [0.717, 1.165) is 31.2 Å². The fourth-order valence-electron chi connectivity index (χ4n) is 4.66. The molecule has 196 valence electrons. The first-order chi connectivity index (χ1) is 17.3. The van der Waals surface area contributed by atoms with Gasteiger partial charge in [0.1, 0.15) is 5.75 Å². The Morgan fingerprint density at radius 3 is 2.44 bits per heavy atom. The summed E-state index contributed by atoms with van der Waals surface area (Å²) in [7, 11) is 0. The predicted molar refractivity (Wildman–Crippen MR) is 141 cm³/mol. The van der Waals surface area contributed by atoms with Crippen LogP contribution in [0.3, 0.4) is 0 Å². The molecule has 0 aliphatic heterocycles. The first-order valence-corrected chi connectivity index (χ1v) is 12.9. The molecule has 1 fully saturated rings. The van der Waals surface area contributed by atoms with E-state index >= 15 is 0 Å². The van der Waals surface area contributed by atoms with Crippen molar-refractivity contribution in [1.82, 2.24) is 0 Å². The van der Waals surface area contributed by atoms with Crippen LogP contribution >= 0.6 is 0 Å². The molecule has 0 bridgehead atoms. The molecule has 0 saturated heterocycles. The van der Waals surface area contributed by atoms with Crippen LogP contribution in [0.1, 0.15) is 69.4 Å². The predicted octanol–water partition coefficient (Wildman–Crippen LogP) is 7.01. The Hall–Kier alpha value is -3.09. The van der Waals surface area contributed by atoms with E-state index in [1.54, 1.807) is 30.3 Å². The number of benzene rings is 2. The number of carbonyl (C=O) groups is 1. The summed E-state index contributed by atoms with van der Waals surface area (Å²) in [6.45, 7) is 2.42. The van der Waals surface area contributed by atoms with Crippen molar-refractivity contribution >= 4 is 23.4 Å². The third-order valence-corrected chi connectivity index (χ3v) is 6.84. The van der Waals surface area contributed by atoms with Crippen LogP contribution in [0.25, 0.3) is 6.08 Å². The van der Waals surface area contributed by atoms with Crippen molar-refractivity contribution in [3.05, 3.63) is 59.7 Å². The van der Waals surface area contributed by atoms with Gasteiger partial charge in [0.05, 0.1) is 12.5 Å². The van der Waals surface area contributed by atoms with Crippen molar-refractivity contribution in [1.29, 1.82) is 0 Å². The van der Waals surface area contributed by atoms with Gasteiger partial charge in [0.25, 0.3) is 0 Å². The van der Waals surface area contributed by atoms with Gasteiger partial charge in [-0.25, -0.2) is 4.79 Å². The second kappa shape index (κ2) is 13.3. The average molecular weight is 501 g/mol. The molecule has 7 heteroatoms. The lowest BCUT2D eigenvalue weighted by Gasteiger charge is -2.33. The molecule has 3 rings (SSSR count). The molecular formula is C29H38F2N2O3. The maximum Gasteiger partial charge on any atom is 0.400 e. The fraction of sp³-hybridized carbons (Fsp3) is 0.483. The van der Waals surface area contributed by atoms with Crippen molar-refractivity contribution in [3.8, 4) is 5.75 Å². The number of esters is 1. The highest BCUT2D eigenvalue weighted by molar-refractivity contribution is 5.87. The van der Waals surface area contributed by atoms with Crippen molar-refractivity contribution in [2.75, 3.05) is 18.1 Å². The number of anilines is 2. The second-order valence-electron chi connectivity index (χ2n) is 9.66. The third kappa shape index (κ3) is 8.54. The van der Waals surface area contributed by atoms with Crippen molar-refractivity contribution in [2.24, 2.45) is 11.8 Å². The van der Waals surface area contributed by atoms with Gasteiger partial charge < -0.3 is 20.9 Å². The number of hydrogen-bond acceptors (Lipinski definition) is 5. The standard InChI is InChI=1S/C29H38F2N2O3/c1-2-3-5-21-7-13-24(14-8-21)29(30,31)36-26-16-9-22(10-17-26)11-18-28(34)35-19-4-6-23-12-15-25(32)20-27(23)33/h9-12,15-18,20-21,24H,2-8,13-14,19,32-33H2,1H3/b18-11+. The fourth-order valence-corrected chi connectivity index (χ4v) is 4.66. The van der Waals surface area contributed by atoms with E-state index in [4.69, 9.17) is 20.9 Å². The van der Waals surface area contributed by atoms with Gasteiger partial charge in [0, 0.05) is 17.5 Å². The first-order valence-electron chi connectivity index (χ1n) is 12.9. The Kier molecular flexibility index (Phi) is 10.1. The van der Waals surface area contributed by atoms with Crippen LogP contribution in [-0.4, -0.2) is 18.7 Å². The average Bonchev–Trinajstić information content (AvgIpc) is 2.86. The molecule has 2 aromatic rings. The summed E-state index contributed by atoms with van der Waals surface area (Å²) in [5.41, 5.74) is 14.5. The van der Waals surface area contributed by atoms with Crippen LogP contribution in [0.15, 0.2) is 48.5 Å². The number of carbonyl (C=O) groups excluding carboxylic acids is 1. The Labute approximate surface area is 212 Å². The van der Waals surface area contributed by atoms with E-state index in [1.807, 2.05) is 6.07 Å². The van der Waals surface area contributed by atoms with Crippen LogP contribution in [0.5, 0.6) is 5.75 Å². The number of unbranched alkanes of at least 4 members (excludes halogenated alkanes) is 1. The highest BCUT2D eigenvalue weighted by atomic mass is 19.3. The van der Waals surface area contributed by atoms with Crippen LogP contribution < -0.4 is 16.2 Å². The summed E-state index contributed by atoms with van der Waals surface area (Å²) in [6.07, 6.45) is 7.16. The normalized spacial score (nSPS) is 18.3. The van der Waals surface area contributed by atoms with Gasteiger partial charge in [0.2, 0.25) is 0 Å². The molecule has 0 amide bonds. The zero-order valence-corrected chi connectivity index (χ0v) is 21.1. The van der Waals surface area contributed by atoms with E-state index in [-0.39, 0.29) is 12.4 Å². The van der Waals surface area contributed by atoms with Crippen molar-refractivity contribution < 1.29 is 23.0 Å². The maximum atomic E-state index is 14.7. The van der Waals surface area contributed by atoms with Crippen LogP contribution in [-0.2, 0) is 16.0 Å². The molecule has 0 spiro atoms. The zero-order valence-electron chi connectivity index (χ0n) is 21.1. The van der Waals surface area contributed by atoms with Gasteiger partial charge in [-0.2, -0.15) is 8.78 Å². The maximum absolute atomic E-state index is 14.7. The Morgan fingerprint density at radius 1 is 1.06 bits per heavy atom. The van der Waals surface area contributed by atoms with Gasteiger partial charge in [-0.1, -0.05) is 44.4 Å². The molecule has 36 heavy (non-hydrogen) atoms. The van der Waals surface area contributed by atoms with E-state index in [0.29, 0.717) is 48.5 Å². The van der Waals surface area contributed by atoms with Crippen LogP contribution in [0.4, 0.5) is 20.2 Å². The molecule has 0 unspecified atom stereocenters. The van der Waals surface area contributed by atoms with Gasteiger partial charge in [-0.15, -0.1) is 0 Å². The topological polar surface area (TPSA) is 87.6 Å². The highest BCUT2D eigenvalue weighted by Gasteiger charge is 2.43. The molecule has 2 aromatic carbocycles. The lowest BCUT2D eigenvalue weighted by atomic mass is 9.79. The molecule has 1 saturated carbocycles. The van der Waals surface area contributed by atoms with E-state index in [1.165, 1.54) is 24.6 Å². The summed E-state index contributed by atoms with van der Waals surface area (Å²) in [5.74, 6) is -0.532. The van der Waals surface area contributed by atoms with Crippen molar-refractivity contribution in [2.45, 2.75) is 70.8 Å². The molecule has 0 heterocycles. The van der Waals surface area contributed by atoms with Crippen molar-refractivity contribution in [3.63, 3.8) is 0 Å². The molecule has 4 N–H and O–H groups in total. The first kappa shape index (κ1) is 27.5. The number of nitrogen functional groups attached to an aromatic ring is 2. The molecular weight excluding hydrogens is 462 g/mol. The Balaban J connectivity index is 1.40. The quantitative estimate of drug-likeness (QED) is 0.142. The molecule has 0 aromatic heterocycles. The van der Waals surface area contributed by atoms with Gasteiger partial charge in [-0.3, -0.25) is 0 Å². The van der Waals surface area contributed by atoms with E-state index in [2.05, 4.69) is 6.92 Å². The van der Waals surface area contributed by atoms with Gasteiger partial charge in [0.15, 0.2) is 0 Å². The zero-order chi connectivity index (χ0) is 26.0. The number of rotatable bonds is 12. The number of nitrogens with two attached hydrogens (primary N) is 2. The largest absolute Gasteiger partial charge is 0.463 e. The molecule has 0 radical (unpaired) electrons. The van der Waals surface area contributed by atoms with Crippen LogP contribution in [0, 0.1) is 11.8 Å². The number of halogens is 2. The molecule has 0 atom stereocenters. The summed E-state index contributed by atoms with van der Waals surface area (Å²) in [5, 5.41) is 0. The summed E-state index contributed by atoms with van der Waals surface area (Å²) in [6, 6.07) is 11.7. The summed E-state index contributed by atoms with van der Waals surface area (Å²) >= 11 is 0. The molecule has 5 nitrogen and oxygen atoms in total. The van der Waals surface area contributed by atoms with Crippen LogP contribution in [0.2, 0.25) is 0 Å². The second-order valence-corrected chi connectivity index (χ2v) is 9.66. The van der Waals surface area contributed by atoms with Gasteiger partial charge >= 0.3 is 12.1 Å². The Morgan fingerprint density at radius 2 is 1.78 bits per heavy atom. The van der Waals surface area contributed by atoms with E-state index < -0.39 is 18.0 Å². The minimum Gasteiger partial charge on any atom is -0.463 e. The molecule has 1 aliphatic carbocycles. The number of hydrogen-bond donors (Lipinski definition) is 2. The molecule has 1 aliphatic rings. The lowest BCUT2D eigenvalue weighted by molar-refractivity contribution is -0.223. The third-order valence-electron chi connectivity index (χ3n) is 6.84. The summed E-state index contributed by atoms with van der Waals surface area (Å²) in [4.78, 5) is 12.0. The number of aryl methyl sites for hydroxylation is 1. The number of alkyl halides is 2. The monoisotopic (exact) mass is 500 g/mol.